The van der Waals surface area contributed by atoms with E-state index in [0.29, 0.717) is 5.54 Å². The van der Waals surface area contributed by atoms with E-state index < -0.39 is 0 Å². The Labute approximate surface area is 103 Å². The summed E-state index contributed by atoms with van der Waals surface area (Å²) in [6.07, 6.45) is 2.35. The average molecular weight is 239 g/mol. The highest BCUT2D eigenvalue weighted by Crippen LogP contribution is 2.27. The van der Waals surface area contributed by atoms with E-state index >= 15 is 0 Å². The molecule has 0 atom stereocenters. The number of benzene rings is 1. The fourth-order valence-electron chi connectivity index (χ4n) is 2.18. The van der Waals surface area contributed by atoms with Gasteiger partial charge in [0.25, 0.3) is 0 Å². The van der Waals surface area contributed by atoms with Crippen molar-refractivity contribution in [2.45, 2.75) is 25.3 Å². The Morgan fingerprint density at radius 2 is 2.00 bits per heavy atom. The maximum atomic E-state index is 6.01. The number of nitrogens with one attached hydrogen (secondary N) is 1. The predicted octanol–water partition coefficient (Wildman–Crippen LogP) is 2.92. The van der Waals surface area contributed by atoms with E-state index in [1.807, 2.05) is 18.2 Å². The molecule has 2 rings (SSSR count). The summed E-state index contributed by atoms with van der Waals surface area (Å²) in [5.41, 5.74) is 1.54. The Morgan fingerprint density at radius 3 is 2.56 bits per heavy atom. The van der Waals surface area contributed by atoms with Gasteiger partial charge in [-0.3, -0.25) is 0 Å². The zero-order valence-corrected chi connectivity index (χ0v) is 10.7. The topological polar surface area (TPSA) is 15.3 Å². The molecule has 1 aromatic carbocycles. The van der Waals surface area contributed by atoms with E-state index in [9.17, 15) is 0 Å². The van der Waals surface area contributed by atoms with Gasteiger partial charge < -0.3 is 10.2 Å². The lowest BCUT2D eigenvalue weighted by molar-refractivity contribution is 0.305. The summed E-state index contributed by atoms with van der Waals surface area (Å²) in [4.78, 5) is 2.41. The third-order valence-corrected chi connectivity index (χ3v) is 3.88. The third kappa shape index (κ3) is 2.50. The summed E-state index contributed by atoms with van der Waals surface area (Å²) in [7, 11) is 2.05. The molecular weight excluding hydrogens is 220 g/mol. The van der Waals surface area contributed by atoms with Crippen LogP contribution in [0, 0.1) is 0 Å². The maximum Gasteiger partial charge on any atom is 0.0426 e. The van der Waals surface area contributed by atoms with Gasteiger partial charge in [0.1, 0.15) is 0 Å². The fourth-order valence-corrected chi connectivity index (χ4v) is 2.37. The number of hydrogen-bond donors (Lipinski definition) is 1. The Balaban J connectivity index is 2.04. The summed E-state index contributed by atoms with van der Waals surface area (Å²) in [6.45, 7) is 4.48. The van der Waals surface area contributed by atoms with Crippen molar-refractivity contribution >= 4 is 17.3 Å². The van der Waals surface area contributed by atoms with Crippen LogP contribution < -0.4 is 10.2 Å². The van der Waals surface area contributed by atoms with Gasteiger partial charge in [0.2, 0.25) is 0 Å². The molecule has 0 aromatic heterocycles. The molecule has 1 aromatic rings. The van der Waals surface area contributed by atoms with Crippen molar-refractivity contribution in [1.82, 2.24) is 5.32 Å². The van der Waals surface area contributed by atoms with Crippen LogP contribution in [0.4, 0.5) is 5.69 Å². The van der Waals surface area contributed by atoms with Gasteiger partial charge in [-0.1, -0.05) is 17.7 Å². The highest BCUT2D eigenvalue weighted by Gasteiger charge is 2.28. The van der Waals surface area contributed by atoms with Gasteiger partial charge >= 0.3 is 0 Å². The molecule has 0 saturated carbocycles. The van der Waals surface area contributed by atoms with E-state index in [2.05, 4.69) is 30.3 Å². The Bertz CT molecular complexity index is 357. The number of piperidine rings is 1. The molecule has 0 bridgehead atoms. The number of nitrogens with zero attached hydrogens (tertiary/aromatic N) is 1. The quantitative estimate of drug-likeness (QED) is 0.853. The first-order valence-electron chi connectivity index (χ1n) is 5.82. The first-order chi connectivity index (χ1) is 7.63. The van der Waals surface area contributed by atoms with Crippen molar-refractivity contribution in [2.24, 2.45) is 0 Å². The van der Waals surface area contributed by atoms with Crippen LogP contribution in [0.5, 0.6) is 0 Å². The highest BCUT2D eigenvalue weighted by atomic mass is 35.5. The molecule has 1 aliphatic rings. The van der Waals surface area contributed by atoms with Crippen LogP contribution in [0.2, 0.25) is 5.02 Å². The molecule has 1 saturated heterocycles. The molecule has 0 aliphatic carbocycles. The molecule has 0 unspecified atom stereocenters. The number of anilines is 1. The normalized spacial score (nSPS) is 19.8. The third-order valence-electron chi connectivity index (χ3n) is 3.64. The van der Waals surface area contributed by atoms with E-state index in [0.717, 1.165) is 18.1 Å². The SMILES string of the molecule is CNC1(C)CCN(c2cccc(Cl)c2)CC1. The van der Waals surface area contributed by atoms with E-state index in [1.54, 1.807) is 0 Å². The average Bonchev–Trinajstić information content (AvgIpc) is 2.30. The minimum atomic E-state index is 0.301. The minimum Gasteiger partial charge on any atom is -0.371 e. The lowest BCUT2D eigenvalue weighted by Gasteiger charge is -2.40. The minimum absolute atomic E-state index is 0.301. The van der Waals surface area contributed by atoms with E-state index in [-0.39, 0.29) is 0 Å². The monoisotopic (exact) mass is 238 g/mol. The summed E-state index contributed by atoms with van der Waals surface area (Å²) in [5, 5.41) is 4.23. The summed E-state index contributed by atoms with van der Waals surface area (Å²) >= 11 is 6.01. The van der Waals surface area contributed by atoms with Crippen LogP contribution in [0.15, 0.2) is 24.3 Å². The van der Waals surface area contributed by atoms with Gasteiger partial charge in [0.05, 0.1) is 0 Å². The smallest absolute Gasteiger partial charge is 0.0426 e. The molecule has 1 heterocycles. The molecule has 0 spiro atoms. The number of halogens is 1. The van der Waals surface area contributed by atoms with Crippen LogP contribution in [-0.4, -0.2) is 25.7 Å². The van der Waals surface area contributed by atoms with Gasteiger partial charge in [-0.2, -0.15) is 0 Å². The summed E-state index contributed by atoms with van der Waals surface area (Å²) < 4.78 is 0. The standard InChI is InChI=1S/C13H19ClN2/c1-13(15-2)6-8-16(9-7-13)12-5-3-4-11(14)10-12/h3-5,10,15H,6-9H2,1-2H3. The molecule has 88 valence electrons. The van der Waals surface area contributed by atoms with Crippen LogP contribution in [-0.2, 0) is 0 Å². The van der Waals surface area contributed by atoms with Crippen LogP contribution in [0.25, 0.3) is 0 Å². The van der Waals surface area contributed by atoms with Gasteiger partial charge in [0, 0.05) is 29.3 Å². The highest BCUT2D eigenvalue weighted by molar-refractivity contribution is 6.30. The van der Waals surface area contributed by atoms with Crippen molar-refractivity contribution in [3.63, 3.8) is 0 Å². The molecule has 0 radical (unpaired) electrons. The molecule has 2 nitrogen and oxygen atoms in total. The van der Waals surface area contributed by atoms with Crippen molar-refractivity contribution in [2.75, 3.05) is 25.0 Å². The summed E-state index contributed by atoms with van der Waals surface area (Å²) in [5.74, 6) is 0. The van der Waals surface area contributed by atoms with E-state index in [1.165, 1.54) is 18.5 Å². The second-order valence-corrected chi connectivity index (χ2v) is 5.21. The Kier molecular flexibility index (Phi) is 3.41. The lowest BCUT2D eigenvalue weighted by Crippen LogP contribution is -2.50. The Morgan fingerprint density at radius 1 is 1.31 bits per heavy atom. The zero-order chi connectivity index (χ0) is 11.6. The molecule has 3 heteroatoms. The second kappa shape index (κ2) is 4.64. The van der Waals surface area contributed by atoms with Gasteiger partial charge in [-0.25, -0.2) is 0 Å². The van der Waals surface area contributed by atoms with E-state index in [4.69, 9.17) is 11.6 Å². The van der Waals surface area contributed by atoms with Gasteiger partial charge in [-0.15, -0.1) is 0 Å². The van der Waals surface area contributed by atoms with Crippen LogP contribution >= 0.6 is 11.6 Å². The van der Waals surface area contributed by atoms with Crippen molar-refractivity contribution in [3.8, 4) is 0 Å². The van der Waals surface area contributed by atoms with Gasteiger partial charge in [-0.05, 0) is 45.0 Å². The first kappa shape index (κ1) is 11.7. The largest absolute Gasteiger partial charge is 0.371 e. The lowest BCUT2D eigenvalue weighted by atomic mass is 9.90. The molecule has 1 fully saturated rings. The zero-order valence-electron chi connectivity index (χ0n) is 9.96. The van der Waals surface area contributed by atoms with Crippen molar-refractivity contribution in [3.05, 3.63) is 29.3 Å². The molecular formula is C13H19ClN2. The predicted molar refractivity (Wildman–Crippen MR) is 70.4 cm³/mol. The summed E-state index contributed by atoms with van der Waals surface area (Å²) in [6, 6.07) is 8.12. The van der Waals surface area contributed by atoms with Crippen LogP contribution in [0.3, 0.4) is 0 Å². The van der Waals surface area contributed by atoms with Gasteiger partial charge in [0.15, 0.2) is 0 Å². The molecule has 1 aliphatic heterocycles. The Hall–Kier alpha value is -0.730. The number of rotatable bonds is 2. The van der Waals surface area contributed by atoms with Crippen LogP contribution in [0.1, 0.15) is 19.8 Å². The van der Waals surface area contributed by atoms with Crippen molar-refractivity contribution in [1.29, 1.82) is 0 Å². The molecule has 1 N–H and O–H groups in total. The first-order valence-corrected chi connectivity index (χ1v) is 6.20. The maximum absolute atomic E-state index is 6.01. The second-order valence-electron chi connectivity index (χ2n) is 4.78. The van der Waals surface area contributed by atoms with Crippen molar-refractivity contribution < 1.29 is 0 Å². The molecule has 0 amide bonds. The number of hydrogen-bond acceptors (Lipinski definition) is 2. The molecule has 16 heavy (non-hydrogen) atoms. The fraction of sp³-hybridized carbons (Fsp3) is 0.538.